The molecule has 31 heavy (non-hydrogen) atoms. The van der Waals surface area contributed by atoms with Crippen molar-refractivity contribution < 1.29 is 9.53 Å². The monoisotopic (exact) mass is 460 g/mol. The van der Waals surface area contributed by atoms with Gasteiger partial charge in [-0.1, -0.05) is 11.8 Å². The average molecular weight is 461 g/mol. The highest BCUT2D eigenvalue weighted by molar-refractivity contribution is 7.98. The number of nitrogens with one attached hydrogen (secondary N) is 1. The van der Waals surface area contributed by atoms with Crippen LogP contribution < -0.4 is 5.32 Å². The van der Waals surface area contributed by atoms with Gasteiger partial charge in [-0.05, 0) is 84.0 Å². The van der Waals surface area contributed by atoms with Crippen LogP contribution in [0.15, 0.2) is 17.4 Å². The number of carbonyl (C=O) groups excluding carboxylic acids is 1. The summed E-state index contributed by atoms with van der Waals surface area (Å²) in [7, 11) is 0. The topological polar surface area (TPSA) is 77.0 Å². The highest BCUT2D eigenvalue weighted by atomic mass is 32.2. The molecule has 2 aromatic heterocycles. The van der Waals surface area contributed by atoms with Crippen molar-refractivity contribution in [3.05, 3.63) is 22.1 Å². The van der Waals surface area contributed by atoms with Crippen LogP contribution in [0.2, 0.25) is 0 Å². The lowest BCUT2D eigenvalue weighted by Gasteiger charge is -2.52. The normalized spacial score (nSPS) is 25.5. The number of aryl methyl sites for hydroxylation is 1. The van der Waals surface area contributed by atoms with Crippen LogP contribution >= 0.6 is 23.1 Å². The number of hydrogen-bond acceptors (Lipinski definition) is 7. The first-order chi connectivity index (χ1) is 14.6. The summed E-state index contributed by atoms with van der Waals surface area (Å²) in [5.41, 5.74) is 1.83. The standard InChI is InChI=1S/C23H32N4O2S2/c1-15-17(16-6-13-24-19(26-16)30-5)27-18(31-15)23-10-7-22(8-11-23,9-12-23)14-25-20(28)29-21(2,3)4/h6,13H,7-12,14H2,1-5H3,(H,25,28). The van der Waals surface area contributed by atoms with Gasteiger partial charge >= 0.3 is 6.09 Å². The van der Waals surface area contributed by atoms with Crippen LogP contribution in [0.3, 0.4) is 0 Å². The Balaban J connectivity index is 1.45. The predicted molar refractivity (Wildman–Crippen MR) is 126 cm³/mol. The fourth-order valence-electron chi connectivity index (χ4n) is 4.86. The molecule has 0 saturated heterocycles. The van der Waals surface area contributed by atoms with Gasteiger partial charge in [-0.25, -0.2) is 19.7 Å². The van der Waals surface area contributed by atoms with E-state index in [1.54, 1.807) is 11.8 Å². The van der Waals surface area contributed by atoms with E-state index in [1.165, 1.54) is 9.88 Å². The first-order valence-electron chi connectivity index (χ1n) is 11.0. The lowest BCUT2D eigenvalue weighted by atomic mass is 9.54. The number of amides is 1. The third-order valence-electron chi connectivity index (χ3n) is 6.72. The van der Waals surface area contributed by atoms with Crippen molar-refractivity contribution in [2.45, 2.75) is 82.4 Å². The van der Waals surface area contributed by atoms with E-state index in [4.69, 9.17) is 9.72 Å². The summed E-state index contributed by atoms with van der Waals surface area (Å²) in [5, 5.41) is 5.07. The van der Waals surface area contributed by atoms with Crippen LogP contribution in [-0.4, -0.2) is 39.4 Å². The van der Waals surface area contributed by atoms with Gasteiger partial charge in [0.1, 0.15) is 11.3 Å². The Hall–Kier alpha value is -1.67. The van der Waals surface area contributed by atoms with Crippen LogP contribution in [0.1, 0.15) is 69.2 Å². The van der Waals surface area contributed by atoms with Gasteiger partial charge in [0.2, 0.25) is 0 Å². The summed E-state index contributed by atoms with van der Waals surface area (Å²) in [4.78, 5) is 27.4. The van der Waals surface area contributed by atoms with E-state index < -0.39 is 5.60 Å². The van der Waals surface area contributed by atoms with E-state index in [0.717, 1.165) is 55.1 Å². The maximum absolute atomic E-state index is 12.1. The molecule has 3 saturated carbocycles. The number of hydrogen-bond donors (Lipinski definition) is 1. The molecule has 0 aromatic carbocycles. The summed E-state index contributed by atoms with van der Waals surface area (Å²) < 4.78 is 5.42. The van der Waals surface area contributed by atoms with Crippen molar-refractivity contribution in [3.8, 4) is 11.4 Å². The zero-order valence-electron chi connectivity index (χ0n) is 19.1. The van der Waals surface area contributed by atoms with Crippen LogP contribution in [0, 0.1) is 12.3 Å². The van der Waals surface area contributed by atoms with Gasteiger partial charge in [-0.2, -0.15) is 0 Å². The van der Waals surface area contributed by atoms with Crippen molar-refractivity contribution in [2.75, 3.05) is 12.8 Å². The first kappa shape index (κ1) is 22.5. The maximum atomic E-state index is 12.1. The molecule has 3 aliphatic rings. The number of thioether (sulfide) groups is 1. The summed E-state index contributed by atoms with van der Waals surface area (Å²) in [6, 6.07) is 1.96. The van der Waals surface area contributed by atoms with E-state index in [2.05, 4.69) is 22.2 Å². The number of carbonyl (C=O) groups is 1. The third kappa shape index (κ3) is 4.75. The number of nitrogens with zero attached hydrogens (tertiary/aromatic N) is 3. The first-order valence-corrected chi connectivity index (χ1v) is 13.0. The van der Waals surface area contributed by atoms with E-state index in [-0.39, 0.29) is 16.9 Å². The van der Waals surface area contributed by atoms with Crippen molar-refractivity contribution >= 4 is 29.2 Å². The average Bonchev–Trinajstić information content (AvgIpc) is 3.15. The highest BCUT2D eigenvalue weighted by Gasteiger charge is 2.51. The molecule has 1 N–H and O–H groups in total. The van der Waals surface area contributed by atoms with E-state index in [0.29, 0.717) is 6.54 Å². The molecule has 0 atom stereocenters. The number of rotatable bonds is 5. The van der Waals surface area contributed by atoms with Crippen molar-refractivity contribution in [1.82, 2.24) is 20.3 Å². The lowest BCUT2D eigenvalue weighted by Crippen LogP contribution is -2.49. The number of ether oxygens (including phenoxy) is 1. The second kappa shape index (κ2) is 8.35. The molecule has 3 aliphatic carbocycles. The van der Waals surface area contributed by atoms with Crippen LogP contribution in [-0.2, 0) is 10.2 Å². The molecule has 1 amide bonds. The molecule has 2 aromatic rings. The number of thiazole rings is 1. The van der Waals surface area contributed by atoms with Gasteiger partial charge in [0, 0.05) is 23.0 Å². The Morgan fingerprint density at radius 1 is 1.19 bits per heavy atom. The smallest absolute Gasteiger partial charge is 0.407 e. The van der Waals surface area contributed by atoms with Gasteiger partial charge in [0.15, 0.2) is 5.16 Å². The molecule has 6 nitrogen and oxygen atoms in total. The van der Waals surface area contributed by atoms with Gasteiger partial charge in [0.05, 0.1) is 10.7 Å². The van der Waals surface area contributed by atoms with Gasteiger partial charge < -0.3 is 10.1 Å². The molecule has 0 aliphatic heterocycles. The Labute approximate surface area is 193 Å². The van der Waals surface area contributed by atoms with Crippen molar-refractivity contribution in [2.24, 2.45) is 5.41 Å². The van der Waals surface area contributed by atoms with Crippen molar-refractivity contribution in [3.63, 3.8) is 0 Å². The molecule has 8 heteroatoms. The van der Waals surface area contributed by atoms with Gasteiger partial charge in [-0.3, -0.25) is 0 Å². The molecule has 0 spiro atoms. The zero-order chi connectivity index (χ0) is 22.3. The molecule has 2 heterocycles. The number of aromatic nitrogens is 3. The zero-order valence-corrected chi connectivity index (χ0v) is 20.7. The second-order valence-electron chi connectivity index (χ2n) is 9.99. The fourth-order valence-corrected chi connectivity index (χ4v) is 6.41. The lowest BCUT2D eigenvalue weighted by molar-refractivity contribution is 0.0259. The molecule has 0 unspecified atom stereocenters. The van der Waals surface area contributed by atoms with Crippen LogP contribution in [0.4, 0.5) is 4.79 Å². The van der Waals surface area contributed by atoms with E-state index >= 15 is 0 Å². The summed E-state index contributed by atoms with van der Waals surface area (Å²) in [6.45, 7) is 8.55. The summed E-state index contributed by atoms with van der Waals surface area (Å²) in [5.74, 6) is 0. The molecular weight excluding hydrogens is 428 g/mol. The highest BCUT2D eigenvalue weighted by Crippen LogP contribution is 2.58. The van der Waals surface area contributed by atoms with E-state index in [1.807, 2.05) is 50.6 Å². The quantitative estimate of drug-likeness (QED) is 0.452. The number of fused-ring (bicyclic) bond motifs is 3. The van der Waals surface area contributed by atoms with Gasteiger partial charge in [0.25, 0.3) is 0 Å². The molecule has 2 bridgehead atoms. The Morgan fingerprint density at radius 2 is 1.87 bits per heavy atom. The fraction of sp³-hybridized carbons (Fsp3) is 0.652. The van der Waals surface area contributed by atoms with E-state index in [9.17, 15) is 4.79 Å². The minimum atomic E-state index is -0.462. The molecule has 3 fully saturated rings. The van der Waals surface area contributed by atoms with Gasteiger partial charge in [-0.15, -0.1) is 11.3 Å². The van der Waals surface area contributed by atoms with Crippen LogP contribution in [0.25, 0.3) is 11.4 Å². The maximum Gasteiger partial charge on any atom is 0.407 e. The molecule has 0 radical (unpaired) electrons. The largest absolute Gasteiger partial charge is 0.444 e. The molecule has 168 valence electrons. The Bertz CT molecular complexity index is 942. The SMILES string of the molecule is CSc1nccc(-c2nc(C34CCC(CNC(=O)OC(C)(C)C)(CC3)CC4)sc2C)n1. The summed E-state index contributed by atoms with van der Waals surface area (Å²) in [6.07, 6.45) is 10.3. The summed E-state index contributed by atoms with van der Waals surface area (Å²) >= 11 is 3.38. The Morgan fingerprint density at radius 3 is 2.48 bits per heavy atom. The van der Waals surface area contributed by atoms with Crippen LogP contribution in [0.5, 0.6) is 0 Å². The van der Waals surface area contributed by atoms with Crippen molar-refractivity contribution in [1.29, 1.82) is 0 Å². The third-order valence-corrected chi connectivity index (χ3v) is 8.50. The second-order valence-corrected chi connectivity index (χ2v) is 12.0. The Kier molecular flexibility index (Phi) is 6.07. The predicted octanol–water partition coefficient (Wildman–Crippen LogP) is 5.75. The number of alkyl carbamates (subject to hydrolysis) is 1. The minimum absolute atomic E-state index is 0.177. The molecule has 5 rings (SSSR count). The molecular formula is C23H32N4O2S2. The minimum Gasteiger partial charge on any atom is -0.444 e.